The molecule has 3 fully saturated rings. The van der Waals surface area contributed by atoms with Gasteiger partial charge < -0.3 is 9.80 Å². The maximum absolute atomic E-state index is 13.3. The number of nitrogens with zero attached hydrogens (tertiary/aromatic N) is 5. The van der Waals surface area contributed by atoms with Gasteiger partial charge in [-0.05, 0) is 81.7 Å². The zero-order valence-electron chi connectivity index (χ0n) is 20.5. The first kappa shape index (κ1) is 23.0. The van der Waals surface area contributed by atoms with Crippen molar-refractivity contribution in [1.82, 2.24) is 24.6 Å². The fourth-order valence-corrected chi connectivity index (χ4v) is 6.29. The van der Waals surface area contributed by atoms with Gasteiger partial charge in [-0.3, -0.25) is 4.79 Å². The van der Waals surface area contributed by atoms with E-state index in [1.54, 1.807) is 4.68 Å². The highest BCUT2D eigenvalue weighted by Gasteiger charge is 2.25. The molecular formula is C27H41N5O. The van der Waals surface area contributed by atoms with Crippen LogP contribution in [0.25, 0.3) is 11.0 Å². The van der Waals surface area contributed by atoms with Gasteiger partial charge in [-0.15, -0.1) is 0 Å². The number of carbonyl (C=O) groups is 1. The van der Waals surface area contributed by atoms with Crippen molar-refractivity contribution >= 4 is 16.8 Å². The number of hydrogen-bond donors (Lipinski definition) is 0. The molecule has 6 heteroatoms. The fourth-order valence-electron chi connectivity index (χ4n) is 6.29. The van der Waals surface area contributed by atoms with E-state index < -0.39 is 0 Å². The molecule has 1 saturated carbocycles. The zero-order valence-corrected chi connectivity index (χ0v) is 20.5. The summed E-state index contributed by atoms with van der Waals surface area (Å²) >= 11 is 0. The molecule has 5 rings (SSSR count). The molecule has 2 aromatic heterocycles. The Morgan fingerprint density at radius 3 is 2.33 bits per heavy atom. The van der Waals surface area contributed by atoms with Gasteiger partial charge in [0, 0.05) is 32.8 Å². The number of pyridine rings is 1. The lowest BCUT2D eigenvalue weighted by molar-refractivity contribution is 0.0919. The van der Waals surface area contributed by atoms with E-state index in [-0.39, 0.29) is 5.78 Å². The summed E-state index contributed by atoms with van der Waals surface area (Å²) in [6.45, 7) is 7.20. The van der Waals surface area contributed by atoms with Crippen LogP contribution in [-0.4, -0.2) is 69.6 Å². The van der Waals surface area contributed by atoms with E-state index in [4.69, 9.17) is 4.98 Å². The van der Waals surface area contributed by atoms with Crippen molar-refractivity contribution < 1.29 is 4.79 Å². The van der Waals surface area contributed by atoms with E-state index in [0.29, 0.717) is 18.0 Å². The predicted molar refractivity (Wildman–Crippen MR) is 133 cm³/mol. The molecular weight excluding hydrogens is 410 g/mol. The zero-order chi connectivity index (χ0) is 22.6. The Morgan fingerprint density at radius 1 is 0.909 bits per heavy atom. The fraction of sp³-hybridized carbons (Fsp3) is 0.741. The van der Waals surface area contributed by atoms with Gasteiger partial charge in [-0.25, -0.2) is 9.67 Å². The summed E-state index contributed by atoms with van der Waals surface area (Å²) in [5.74, 6) is 1.45. The third kappa shape index (κ3) is 5.65. The lowest BCUT2D eigenvalue weighted by atomic mass is 9.85. The van der Waals surface area contributed by atoms with Crippen molar-refractivity contribution in [2.75, 3.05) is 39.3 Å². The molecule has 1 aliphatic carbocycles. The quantitative estimate of drug-likeness (QED) is 0.554. The third-order valence-electron chi connectivity index (χ3n) is 8.36. The molecule has 0 N–H and O–H groups in total. The highest BCUT2D eigenvalue weighted by molar-refractivity contribution is 6.05. The maximum Gasteiger partial charge on any atom is 0.184 e. The highest BCUT2D eigenvalue weighted by Crippen LogP contribution is 2.29. The average Bonchev–Trinajstić information content (AvgIpc) is 3.47. The molecule has 0 unspecified atom stereocenters. The number of rotatable bonds is 8. The second-order valence-electron chi connectivity index (χ2n) is 10.9. The Balaban J connectivity index is 1.18. The van der Waals surface area contributed by atoms with Crippen molar-refractivity contribution in [3.05, 3.63) is 23.5 Å². The van der Waals surface area contributed by atoms with Gasteiger partial charge in [0.15, 0.2) is 11.4 Å². The number of likely N-dealkylation sites (tertiary alicyclic amines) is 2. The number of aromatic nitrogens is 3. The molecule has 0 amide bonds. The Morgan fingerprint density at radius 2 is 1.61 bits per heavy atom. The van der Waals surface area contributed by atoms with E-state index in [1.165, 1.54) is 76.7 Å². The molecule has 2 aliphatic heterocycles. The first-order valence-corrected chi connectivity index (χ1v) is 13.5. The molecule has 3 aliphatic rings. The summed E-state index contributed by atoms with van der Waals surface area (Å²) in [6.07, 6.45) is 15.4. The third-order valence-corrected chi connectivity index (χ3v) is 8.36. The molecule has 33 heavy (non-hydrogen) atoms. The number of fused-ring (bicyclic) bond motifs is 1. The normalized spacial score (nSPS) is 21.8. The number of aryl methyl sites for hydroxylation is 1. The summed E-state index contributed by atoms with van der Waals surface area (Å²) < 4.78 is 1.79. The van der Waals surface area contributed by atoms with Gasteiger partial charge in [0.25, 0.3) is 0 Å². The lowest BCUT2D eigenvalue weighted by Gasteiger charge is -2.32. The molecule has 6 nitrogen and oxygen atoms in total. The SMILES string of the molecule is Cn1nc(C(=O)CC2CCN(CCN3CCCC3)CC2)c2cc(CC3CCCCC3)cnc21. The first-order valence-electron chi connectivity index (χ1n) is 13.5. The molecule has 0 atom stereocenters. The van der Waals surface area contributed by atoms with Crippen LogP contribution in [0.15, 0.2) is 12.3 Å². The largest absolute Gasteiger partial charge is 0.302 e. The van der Waals surface area contributed by atoms with Crippen molar-refractivity contribution in [3.63, 3.8) is 0 Å². The maximum atomic E-state index is 13.3. The average molecular weight is 452 g/mol. The summed E-state index contributed by atoms with van der Waals surface area (Å²) in [4.78, 5) is 23.2. The molecule has 0 radical (unpaired) electrons. The van der Waals surface area contributed by atoms with Crippen LogP contribution in [0, 0.1) is 11.8 Å². The van der Waals surface area contributed by atoms with Crippen molar-refractivity contribution in [1.29, 1.82) is 0 Å². The summed E-state index contributed by atoms with van der Waals surface area (Å²) in [7, 11) is 1.91. The molecule has 4 heterocycles. The molecule has 0 spiro atoms. The topological polar surface area (TPSA) is 54.3 Å². The number of hydrogen-bond acceptors (Lipinski definition) is 5. The summed E-state index contributed by atoms with van der Waals surface area (Å²) in [5, 5.41) is 5.58. The predicted octanol–water partition coefficient (Wildman–Crippen LogP) is 4.47. The Bertz CT molecular complexity index is 933. The van der Waals surface area contributed by atoms with Crippen LogP contribution >= 0.6 is 0 Å². The number of piperidine rings is 1. The van der Waals surface area contributed by atoms with Gasteiger partial charge >= 0.3 is 0 Å². The van der Waals surface area contributed by atoms with Crippen molar-refractivity contribution in [2.45, 2.75) is 70.6 Å². The van der Waals surface area contributed by atoms with Crippen LogP contribution in [0.5, 0.6) is 0 Å². The van der Waals surface area contributed by atoms with Gasteiger partial charge in [0.2, 0.25) is 0 Å². The summed E-state index contributed by atoms with van der Waals surface area (Å²) in [5.41, 5.74) is 2.74. The monoisotopic (exact) mass is 451 g/mol. The molecule has 2 saturated heterocycles. The van der Waals surface area contributed by atoms with Crippen LogP contribution in [0.1, 0.15) is 80.3 Å². The minimum absolute atomic E-state index is 0.202. The molecule has 180 valence electrons. The van der Waals surface area contributed by atoms with E-state index in [9.17, 15) is 4.79 Å². The van der Waals surface area contributed by atoms with E-state index in [0.717, 1.165) is 49.3 Å². The Kier molecular flexibility index (Phi) is 7.41. The lowest BCUT2D eigenvalue weighted by Crippen LogP contribution is -2.39. The Labute approximate surface area is 198 Å². The van der Waals surface area contributed by atoms with E-state index in [2.05, 4.69) is 21.0 Å². The number of ketones is 1. The molecule has 2 aromatic rings. The minimum Gasteiger partial charge on any atom is -0.302 e. The van der Waals surface area contributed by atoms with Crippen LogP contribution in [-0.2, 0) is 13.5 Å². The van der Waals surface area contributed by atoms with E-state index in [1.807, 2.05) is 13.2 Å². The van der Waals surface area contributed by atoms with Gasteiger partial charge in [0.05, 0.1) is 5.39 Å². The van der Waals surface area contributed by atoms with Crippen LogP contribution in [0.2, 0.25) is 0 Å². The second kappa shape index (κ2) is 10.6. The van der Waals surface area contributed by atoms with Crippen molar-refractivity contribution in [2.24, 2.45) is 18.9 Å². The van der Waals surface area contributed by atoms with Crippen LogP contribution in [0.4, 0.5) is 0 Å². The highest BCUT2D eigenvalue weighted by atomic mass is 16.1. The second-order valence-corrected chi connectivity index (χ2v) is 10.9. The van der Waals surface area contributed by atoms with Gasteiger partial charge in [-0.2, -0.15) is 5.10 Å². The first-order chi connectivity index (χ1) is 16.2. The standard InChI is InChI=1S/C27H41N5O/c1-30-27-24(18-23(20-28-27)17-21-7-3-2-4-8-21)26(29-30)25(33)19-22-9-13-32(14-10-22)16-15-31-11-5-6-12-31/h18,20-22H,2-17,19H2,1H3. The van der Waals surface area contributed by atoms with Crippen LogP contribution < -0.4 is 0 Å². The van der Waals surface area contributed by atoms with E-state index >= 15 is 0 Å². The number of Topliss-reactive ketones (excluding diaryl/α,β-unsaturated/α-hetero) is 1. The number of carbonyl (C=O) groups excluding carboxylic acids is 1. The smallest absolute Gasteiger partial charge is 0.184 e. The van der Waals surface area contributed by atoms with Gasteiger partial charge in [-0.1, -0.05) is 32.1 Å². The van der Waals surface area contributed by atoms with Gasteiger partial charge in [0.1, 0.15) is 5.69 Å². The molecule has 0 bridgehead atoms. The van der Waals surface area contributed by atoms with Crippen LogP contribution in [0.3, 0.4) is 0 Å². The minimum atomic E-state index is 0.202. The summed E-state index contributed by atoms with van der Waals surface area (Å²) in [6, 6.07) is 2.21. The van der Waals surface area contributed by atoms with Crippen molar-refractivity contribution in [3.8, 4) is 0 Å². The molecule has 0 aromatic carbocycles. The Hall–Kier alpha value is -1.79.